The number of nitrogens with zero attached hydrogens (tertiary/aromatic N) is 1. The van der Waals surface area contributed by atoms with Gasteiger partial charge in [0.2, 0.25) is 0 Å². The summed E-state index contributed by atoms with van der Waals surface area (Å²) in [5, 5.41) is 2.91. The number of benzene rings is 2. The normalized spacial score (nSPS) is 11.9. The number of para-hydroxylation sites is 2. The van der Waals surface area contributed by atoms with Crippen LogP contribution in [-0.4, -0.2) is 43.2 Å². The predicted molar refractivity (Wildman–Crippen MR) is 110 cm³/mol. The highest BCUT2D eigenvalue weighted by Crippen LogP contribution is 2.24. The van der Waals surface area contributed by atoms with E-state index in [1.54, 1.807) is 6.92 Å². The molecule has 0 aliphatic heterocycles. The maximum absolute atomic E-state index is 12.5. The number of nitrogens with one attached hydrogen (secondary N) is 1. The van der Waals surface area contributed by atoms with Gasteiger partial charge in [-0.25, -0.2) is 0 Å². The van der Waals surface area contributed by atoms with E-state index in [0.29, 0.717) is 23.8 Å². The lowest BCUT2D eigenvalue weighted by molar-refractivity contribution is -0.122. The van der Waals surface area contributed by atoms with Crippen molar-refractivity contribution >= 4 is 11.6 Å². The molecule has 0 heterocycles. The van der Waals surface area contributed by atoms with Crippen molar-refractivity contribution in [2.45, 2.75) is 33.8 Å². The molecule has 1 unspecified atom stereocenters. The van der Waals surface area contributed by atoms with E-state index in [2.05, 4.69) is 24.1 Å². The first-order valence-corrected chi connectivity index (χ1v) is 9.51. The Morgan fingerprint density at radius 2 is 1.74 bits per heavy atom. The van der Waals surface area contributed by atoms with Crippen LogP contribution in [0, 0.1) is 6.92 Å². The summed E-state index contributed by atoms with van der Waals surface area (Å²) in [6, 6.07) is 15.1. The molecule has 0 fully saturated rings. The van der Waals surface area contributed by atoms with E-state index in [0.717, 1.165) is 25.2 Å². The second kappa shape index (κ2) is 10.6. The molecule has 2 aromatic rings. The third-order valence-corrected chi connectivity index (χ3v) is 4.41. The lowest BCUT2D eigenvalue weighted by atomic mass is 10.2. The molecule has 0 spiro atoms. The predicted octanol–water partition coefficient (Wildman–Crippen LogP) is 4.12. The Labute approximate surface area is 162 Å². The molecule has 0 bridgehead atoms. The minimum absolute atomic E-state index is 0.213. The van der Waals surface area contributed by atoms with Crippen LogP contribution in [0.25, 0.3) is 0 Å². The van der Waals surface area contributed by atoms with E-state index in [4.69, 9.17) is 9.47 Å². The fraction of sp³-hybridized carbons (Fsp3) is 0.409. The monoisotopic (exact) mass is 370 g/mol. The van der Waals surface area contributed by atoms with E-state index in [1.807, 2.05) is 55.5 Å². The summed E-state index contributed by atoms with van der Waals surface area (Å²) in [6.45, 7) is 11.4. The van der Waals surface area contributed by atoms with Crippen LogP contribution >= 0.6 is 0 Å². The zero-order valence-corrected chi connectivity index (χ0v) is 16.7. The summed E-state index contributed by atoms with van der Waals surface area (Å²) >= 11 is 0. The molecule has 0 aliphatic carbocycles. The van der Waals surface area contributed by atoms with Crippen molar-refractivity contribution in [1.29, 1.82) is 0 Å². The number of ether oxygens (including phenoxy) is 2. The van der Waals surface area contributed by atoms with Crippen LogP contribution in [0.15, 0.2) is 48.5 Å². The minimum atomic E-state index is -0.614. The van der Waals surface area contributed by atoms with Gasteiger partial charge in [-0.05, 0) is 51.2 Å². The quantitative estimate of drug-likeness (QED) is 0.683. The molecule has 0 saturated heterocycles. The van der Waals surface area contributed by atoms with Crippen LogP contribution in [0.1, 0.15) is 26.3 Å². The van der Waals surface area contributed by atoms with Crippen molar-refractivity contribution in [2.24, 2.45) is 0 Å². The zero-order valence-electron chi connectivity index (χ0n) is 16.7. The van der Waals surface area contributed by atoms with E-state index >= 15 is 0 Å². The van der Waals surface area contributed by atoms with Crippen molar-refractivity contribution < 1.29 is 14.3 Å². The minimum Gasteiger partial charge on any atom is -0.490 e. The Balaban J connectivity index is 1.93. The summed E-state index contributed by atoms with van der Waals surface area (Å²) in [6.07, 6.45) is -0.614. The molecular weight excluding hydrogens is 340 g/mol. The smallest absolute Gasteiger partial charge is 0.265 e. The number of anilines is 1. The van der Waals surface area contributed by atoms with Gasteiger partial charge in [-0.15, -0.1) is 0 Å². The second-order valence-electron chi connectivity index (χ2n) is 6.43. The first-order chi connectivity index (χ1) is 13.0. The molecule has 1 N–H and O–H groups in total. The number of hydrogen-bond donors (Lipinski definition) is 1. The fourth-order valence-electron chi connectivity index (χ4n) is 2.63. The first-order valence-electron chi connectivity index (χ1n) is 9.51. The number of rotatable bonds is 10. The van der Waals surface area contributed by atoms with E-state index < -0.39 is 6.10 Å². The summed E-state index contributed by atoms with van der Waals surface area (Å²) in [7, 11) is 0. The van der Waals surface area contributed by atoms with E-state index in [9.17, 15) is 4.79 Å². The molecule has 0 aliphatic rings. The van der Waals surface area contributed by atoms with Gasteiger partial charge in [0.1, 0.15) is 18.1 Å². The lowest BCUT2D eigenvalue weighted by Crippen LogP contribution is -2.30. The van der Waals surface area contributed by atoms with Crippen molar-refractivity contribution in [1.82, 2.24) is 4.90 Å². The third kappa shape index (κ3) is 6.61. The van der Waals surface area contributed by atoms with E-state index in [-0.39, 0.29) is 5.91 Å². The Morgan fingerprint density at radius 1 is 1.07 bits per heavy atom. The molecule has 0 aromatic heterocycles. The molecule has 146 valence electrons. The molecule has 2 aromatic carbocycles. The molecule has 0 radical (unpaired) electrons. The Hall–Kier alpha value is -2.53. The van der Waals surface area contributed by atoms with Gasteiger partial charge >= 0.3 is 0 Å². The van der Waals surface area contributed by atoms with Crippen LogP contribution in [0.2, 0.25) is 0 Å². The molecule has 5 heteroatoms. The third-order valence-electron chi connectivity index (χ3n) is 4.41. The Bertz CT molecular complexity index is 712. The molecule has 0 saturated carbocycles. The number of hydrogen-bond acceptors (Lipinski definition) is 4. The molecule has 5 nitrogen and oxygen atoms in total. The molecule has 1 atom stereocenters. The average Bonchev–Trinajstić information content (AvgIpc) is 2.68. The summed E-state index contributed by atoms with van der Waals surface area (Å²) in [5.74, 6) is 1.13. The Morgan fingerprint density at radius 3 is 2.41 bits per heavy atom. The van der Waals surface area contributed by atoms with Gasteiger partial charge in [-0.1, -0.05) is 43.7 Å². The van der Waals surface area contributed by atoms with Gasteiger partial charge in [0.25, 0.3) is 5.91 Å². The molecule has 27 heavy (non-hydrogen) atoms. The van der Waals surface area contributed by atoms with Gasteiger partial charge < -0.3 is 19.7 Å². The summed E-state index contributed by atoms with van der Waals surface area (Å²) < 4.78 is 11.6. The van der Waals surface area contributed by atoms with Gasteiger partial charge in [0.05, 0.1) is 5.69 Å². The molecule has 1 amide bonds. The first kappa shape index (κ1) is 20.8. The second-order valence-corrected chi connectivity index (χ2v) is 6.43. The lowest BCUT2D eigenvalue weighted by Gasteiger charge is -2.20. The average molecular weight is 370 g/mol. The molecular formula is C22H30N2O3. The highest BCUT2D eigenvalue weighted by Gasteiger charge is 2.16. The largest absolute Gasteiger partial charge is 0.490 e. The highest BCUT2D eigenvalue weighted by molar-refractivity contribution is 5.95. The van der Waals surface area contributed by atoms with Crippen molar-refractivity contribution in [3.8, 4) is 11.5 Å². The summed E-state index contributed by atoms with van der Waals surface area (Å²) in [4.78, 5) is 14.8. The fourth-order valence-corrected chi connectivity index (χ4v) is 2.63. The SMILES string of the molecule is CCN(CC)CCOc1ccccc1NC(=O)C(C)Oc1ccc(C)cc1. The maximum Gasteiger partial charge on any atom is 0.265 e. The van der Waals surface area contributed by atoms with Crippen molar-refractivity contribution in [2.75, 3.05) is 31.6 Å². The van der Waals surface area contributed by atoms with Crippen LogP contribution < -0.4 is 14.8 Å². The van der Waals surface area contributed by atoms with Crippen LogP contribution in [-0.2, 0) is 4.79 Å². The van der Waals surface area contributed by atoms with Gasteiger partial charge in [-0.2, -0.15) is 0 Å². The van der Waals surface area contributed by atoms with Gasteiger partial charge in [0.15, 0.2) is 6.10 Å². The topological polar surface area (TPSA) is 50.8 Å². The maximum atomic E-state index is 12.5. The van der Waals surface area contributed by atoms with Crippen LogP contribution in [0.3, 0.4) is 0 Å². The number of aryl methyl sites for hydroxylation is 1. The standard InChI is InChI=1S/C22H30N2O3/c1-5-24(6-2)15-16-26-21-10-8-7-9-20(21)23-22(25)18(4)27-19-13-11-17(3)12-14-19/h7-14,18H,5-6,15-16H2,1-4H3,(H,23,25). The van der Waals surface area contributed by atoms with Gasteiger partial charge in [0, 0.05) is 6.54 Å². The van der Waals surface area contributed by atoms with Crippen molar-refractivity contribution in [3.63, 3.8) is 0 Å². The van der Waals surface area contributed by atoms with Crippen LogP contribution in [0.4, 0.5) is 5.69 Å². The highest BCUT2D eigenvalue weighted by atomic mass is 16.5. The number of carbonyl (C=O) groups is 1. The van der Waals surface area contributed by atoms with Gasteiger partial charge in [-0.3, -0.25) is 4.79 Å². The number of amides is 1. The Kier molecular flexibility index (Phi) is 8.14. The summed E-state index contributed by atoms with van der Waals surface area (Å²) in [5.41, 5.74) is 1.80. The molecule has 2 rings (SSSR count). The number of carbonyl (C=O) groups excluding carboxylic acids is 1. The van der Waals surface area contributed by atoms with E-state index in [1.165, 1.54) is 0 Å². The number of likely N-dealkylation sites (N-methyl/N-ethyl adjacent to an activating group) is 1. The zero-order chi connectivity index (χ0) is 19.6. The van der Waals surface area contributed by atoms with Crippen molar-refractivity contribution in [3.05, 3.63) is 54.1 Å². The van der Waals surface area contributed by atoms with Crippen LogP contribution in [0.5, 0.6) is 11.5 Å².